The molecule has 4 nitrogen and oxygen atoms in total. The van der Waals surface area contributed by atoms with Crippen molar-refractivity contribution in [2.75, 3.05) is 18.5 Å². The average Bonchev–Trinajstić information content (AvgIpc) is 2.82. The minimum Gasteiger partial charge on any atom is -0.489 e. The van der Waals surface area contributed by atoms with Gasteiger partial charge >= 0.3 is 0 Å². The van der Waals surface area contributed by atoms with Gasteiger partial charge in [-0.2, -0.15) is 0 Å². The van der Waals surface area contributed by atoms with Gasteiger partial charge < -0.3 is 20.1 Å². The predicted octanol–water partition coefficient (Wildman–Crippen LogP) is 4.44. The number of nitrogens with one attached hydrogen (secondary N) is 2. The summed E-state index contributed by atoms with van der Waals surface area (Å²) in [5.41, 5.74) is 2.09. The number of rotatable bonds is 3. The molecule has 2 N–H and O–H groups in total. The van der Waals surface area contributed by atoms with E-state index in [9.17, 15) is 4.39 Å². The molecule has 0 aliphatic carbocycles. The van der Waals surface area contributed by atoms with Gasteiger partial charge in [-0.25, -0.2) is 4.39 Å². The van der Waals surface area contributed by atoms with E-state index in [0.29, 0.717) is 52.6 Å². The fourth-order valence-corrected chi connectivity index (χ4v) is 2.89. The highest BCUT2D eigenvalue weighted by atomic mass is 35.5. The second-order valence-corrected chi connectivity index (χ2v) is 6.54. The van der Waals surface area contributed by atoms with Crippen molar-refractivity contribution in [1.82, 2.24) is 5.32 Å². The van der Waals surface area contributed by atoms with Gasteiger partial charge in [0.05, 0.1) is 18.2 Å². The first-order valence-corrected chi connectivity index (χ1v) is 8.70. The van der Waals surface area contributed by atoms with Crippen LogP contribution in [0.5, 0.6) is 11.5 Å². The van der Waals surface area contributed by atoms with Crippen LogP contribution in [-0.4, -0.2) is 18.3 Å². The molecule has 0 fully saturated rings. The Morgan fingerprint density at radius 2 is 2.04 bits per heavy atom. The molecular weight excluding hydrogens is 363 g/mol. The van der Waals surface area contributed by atoms with Crippen molar-refractivity contribution in [3.63, 3.8) is 0 Å². The third kappa shape index (κ3) is 4.52. The number of anilines is 1. The van der Waals surface area contributed by atoms with Crippen LogP contribution in [0.3, 0.4) is 0 Å². The third-order valence-electron chi connectivity index (χ3n) is 3.74. The minimum atomic E-state index is -0.275. The lowest BCUT2D eigenvalue weighted by Crippen LogP contribution is -2.28. The lowest BCUT2D eigenvalue weighted by Gasteiger charge is -2.14. The van der Waals surface area contributed by atoms with Crippen LogP contribution in [0.2, 0.25) is 5.02 Å². The van der Waals surface area contributed by atoms with Crippen LogP contribution >= 0.6 is 23.8 Å². The number of fused-ring (bicyclic) bond motifs is 1. The number of halogens is 2. The van der Waals surface area contributed by atoms with Gasteiger partial charge in [0, 0.05) is 18.7 Å². The van der Waals surface area contributed by atoms with E-state index in [4.69, 9.17) is 33.3 Å². The topological polar surface area (TPSA) is 42.5 Å². The number of aryl methyl sites for hydroxylation is 1. The van der Waals surface area contributed by atoms with Crippen LogP contribution < -0.4 is 20.1 Å². The van der Waals surface area contributed by atoms with Crippen LogP contribution in [-0.2, 0) is 6.54 Å². The molecule has 0 radical (unpaired) electrons. The molecule has 0 unspecified atom stereocenters. The zero-order valence-electron chi connectivity index (χ0n) is 13.7. The van der Waals surface area contributed by atoms with Crippen molar-refractivity contribution in [2.45, 2.75) is 19.9 Å². The van der Waals surface area contributed by atoms with Crippen LogP contribution in [0.4, 0.5) is 10.1 Å². The summed E-state index contributed by atoms with van der Waals surface area (Å²) in [5, 5.41) is 6.94. The first kappa shape index (κ1) is 17.8. The maximum absolute atomic E-state index is 13.6. The molecule has 0 saturated heterocycles. The molecule has 0 aromatic heterocycles. The summed E-state index contributed by atoms with van der Waals surface area (Å²) in [6.07, 6.45) is 0.819. The van der Waals surface area contributed by atoms with E-state index in [1.54, 1.807) is 19.1 Å². The Kier molecular flexibility index (Phi) is 5.60. The first-order valence-electron chi connectivity index (χ1n) is 7.92. The zero-order chi connectivity index (χ0) is 17.8. The Labute approximate surface area is 156 Å². The largest absolute Gasteiger partial charge is 0.489 e. The molecule has 25 heavy (non-hydrogen) atoms. The van der Waals surface area contributed by atoms with E-state index < -0.39 is 0 Å². The Bertz CT molecular complexity index is 801. The van der Waals surface area contributed by atoms with Crippen molar-refractivity contribution in [2.24, 2.45) is 0 Å². The van der Waals surface area contributed by atoms with E-state index in [1.165, 1.54) is 6.07 Å². The highest BCUT2D eigenvalue weighted by molar-refractivity contribution is 7.80. The summed E-state index contributed by atoms with van der Waals surface area (Å²) in [6, 6.07) is 8.58. The fraction of sp³-hybridized carbons (Fsp3) is 0.278. The molecule has 1 aliphatic heterocycles. The standard InChI is InChI=1S/C18H18ClFN2O2S/c1-11-3-4-13(9-15(11)20)22-18(25)21-10-12-7-14(19)17-16(8-12)23-5-2-6-24-17/h3-4,7-9H,2,5-6,10H2,1H3,(H2,21,22,25). The van der Waals surface area contributed by atoms with Crippen LogP contribution in [0.1, 0.15) is 17.5 Å². The molecular formula is C18H18ClFN2O2S. The Hall–Kier alpha value is -2.05. The molecule has 7 heteroatoms. The maximum atomic E-state index is 13.6. The smallest absolute Gasteiger partial charge is 0.179 e. The summed E-state index contributed by atoms with van der Waals surface area (Å²) >= 11 is 11.5. The molecule has 3 rings (SSSR count). The molecule has 2 aromatic rings. The number of ether oxygens (including phenoxy) is 2. The molecule has 2 aromatic carbocycles. The molecule has 1 heterocycles. The zero-order valence-corrected chi connectivity index (χ0v) is 15.3. The predicted molar refractivity (Wildman–Crippen MR) is 101 cm³/mol. The van der Waals surface area contributed by atoms with Crippen molar-refractivity contribution >= 4 is 34.6 Å². The van der Waals surface area contributed by atoms with E-state index in [2.05, 4.69) is 10.6 Å². The highest BCUT2D eigenvalue weighted by Gasteiger charge is 2.15. The SMILES string of the molecule is Cc1ccc(NC(=S)NCc2cc(Cl)c3c(c2)OCCCO3)cc1F. The van der Waals surface area contributed by atoms with E-state index in [1.807, 2.05) is 12.1 Å². The van der Waals surface area contributed by atoms with Gasteiger partial charge in [-0.15, -0.1) is 0 Å². The Morgan fingerprint density at radius 1 is 1.24 bits per heavy atom. The summed E-state index contributed by atoms with van der Waals surface area (Å²) in [5.74, 6) is 0.947. The highest BCUT2D eigenvalue weighted by Crippen LogP contribution is 2.37. The minimum absolute atomic E-state index is 0.275. The Balaban J connectivity index is 1.63. The van der Waals surface area contributed by atoms with E-state index in [0.717, 1.165) is 12.0 Å². The number of hydrogen-bond donors (Lipinski definition) is 2. The summed E-state index contributed by atoms with van der Waals surface area (Å²) in [7, 11) is 0. The molecule has 0 atom stereocenters. The second-order valence-electron chi connectivity index (χ2n) is 5.73. The molecule has 1 aliphatic rings. The van der Waals surface area contributed by atoms with Crippen molar-refractivity contribution in [3.8, 4) is 11.5 Å². The van der Waals surface area contributed by atoms with Crippen molar-refractivity contribution in [1.29, 1.82) is 0 Å². The van der Waals surface area contributed by atoms with Crippen molar-refractivity contribution < 1.29 is 13.9 Å². The first-order chi connectivity index (χ1) is 12.0. The van der Waals surface area contributed by atoms with E-state index >= 15 is 0 Å². The van der Waals surface area contributed by atoms with Gasteiger partial charge in [0.1, 0.15) is 5.82 Å². The number of thiocarbonyl (C=S) groups is 1. The summed E-state index contributed by atoms with van der Waals surface area (Å²) in [6.45, 7) is 3.35. The molecule has 132 valence electrons. The van der Waals surface area contributed by atoms with Gasteiger partial charge in [-0.3, -0.25) is 0 Å². The van der Waals surface area contributed by atoms with Crippen molar-refractivity contribution in [3.05, 3.63) is 52.3 Å². The van der Waals surface area contributed by atoms with Gasteiger partial charge in [0.25, 0.3) is 0 Å². The van der Waals surface area contributed by atoms with Crippen LogP contribution in [0.15, 0.2) is 30.3 Å². The number of hydrogen-bond acceptors (Lipinski definition) is 3. The van der Waals surface area contributed by atoms with Crippen LogP contribution in [0, 0.1) is 12.7 Å². The third-order valence-corrected chi connectivity index (χ3v) is 4.27. The Morgan fingerprint density at radius 3 is 2.84 bits per heavy atom. The van der Waals surface area contributed by atoms with Gasteiger partial charge in [0.15, 0.2) is 16.6 Å². The van der Waals surface area contributed by atoms with Crippen LogP contribution in [0.25, 0.3) is 0 Å². The quantitative estimate of drug-likeness (QED) is 0.771. The molecule has 0 saturated carbocycles. The molecule has 0 amide bonds. The lowest BCUT2D eigenvalue weighted by molar-refractivity contribution is 0.297. The monoisotopic (exact) mass is 380 g/mol. The van der Waals surface area contributed by atoms with Gasteiger partial charge in [0.2, 0.25) is 0 Å². The maximum Gasteiger partial charge on any atom is 0.179 e. The summed E-state index contributed by atoms with van der Waals surface area (Å²) in [4.78, 5) is 0. The van der Waals surface area contributed by atoms with E-state index in [-0.39, 0.29) is 5.82 Å². The van der Waals surface area contributed by atoms with Gasteiger partial charge in [-0.05, 0) is 54.5 Å². The molecule has 0 spiro atoms. The fourth-order valence-electron chi connectivity index (χ4n) is 2.41. The second kappa shape index (κ2) is 7.89. The lowest BCUT2D eigenvalue weighted by atomic mass is 10.2. The average molecular weight is 381 g/mol. The van der Waals surface area contributed by atoms with Gasteiger partial charge in [-0.1, -0.05) is 17.7 Å². The summed E-state index contributed by atoms with van der Waals surface area (Å²) < 4.78 is 24.9. The number of benzene rings is 2. The normalized spacial score (nSPS) is 13.1. The molecule has 0 bridgehead atoms.